The average Bonchev–Trinajstić information content (AvgIpc) is 2.60. The maximum absolute atomic E-state index is 12.3. The molecule has 0 unspecified atom stereocenters. The minimum atomic E-state index is -0.360. The normalized spacial score (nSPS) is 15.3. The Labute approximate surface area is 154 Å². The first kappa shape index (κ1) is 19.6. The molecule has 5 nitrogen and oxygen atoms in total. The lowest BCUT2D eigenvalue weighted by Gasteiger charge is -2.32. The van der Waals surface area contributed by atoms with E-state index >= 15 is 0 Å². The van der Waals surface area contributed by atoms with Crippen molar-refractivity contribution < 1.29 is 14.3 Å². The lowest BCUT2D eigenvalue weighted by Crippen LogP contribution is -2.46. The van der Waals surface area contributed by atoms with Crippen LogP contribution in [0.3, 0.4) is 0 Å². The molecule has 6 heteroatoms. The second-order valence-electron chi connectivity index (χ2n) is 6.92. The average molecular weight is 367 g/mol. The number of halogens is 1. The van der Waals surface area contributed by atoms with Gasteiger partial charge in [0.2, 0.25) is 5.91 Å². The standard InChI is InChI=1S/C19H27ClN2O3/c1-14(2)13-25-19(24)21-17-9-11-22(12-10-17)18(23)8-5-15-3-6-16(20)7-4-15/h3-4,6-7,14,17H,5,8-13H2,1-2H3,(H,21,24). The Hall–Kier alpha value is -1.75. The van der Waals surface area contributed by atoms with Crippen molar-refractivity contribution in [3.05, 3.63) is 34.9 Å². The SMILES string of the molecule is CC(C)COC(=O)NC1CCN(C(=O)CCc2ccc(Cl)cc2)CC1. The number of nitrogens with one attached hydrogen (secondary N) is 1. The zero-order chi connectivity index (χ0) is 18.2. The van der Waals surface area contributed by atoms with Crippen LogP contribution in [0.5, 0.6) is 0 Å². The largest absolute Gasteiger partial charge is 0.449 e. The van der Waals surface area contributed by atoms with Crippen molar-refractivity contribution in [2.75, 3.05) is 19.7 Å². The number of hydrogen-bond acceptors (Lipinski definition) is 3. The van der Waals surface area contributed by atoms with Gasteiger partial charge in [-0.25, -0.2) is 4.79 Å². The van der Waals surface area contributed by atoms with Crippen molar-refractivity contribution in [3.8, 4) is 0 Å². The van der Waals surface area contributed by atoms with Crippen molar-refractivity contribution in [2.45, 2.75) is 45.6 Å². The van der Waals surface area contributed by atoms with Gasteiger partial charge in [0.05, 0.1) is 6.61 Å². The third kappa shape index (κ3) is 6.94. The maximum atomic E-state index is 12.3. The summed E-state index contributed by atoms with van der Waals surface area (Å²) in [5, 5.41) is 3.59. The van der Waals surface area contributed by atoms with E-state index in [9.17, 15) is 9.59 Å². The second kappa shape index (κ2) is 9.66. The molecule has 1 aliphatic rings. The van der Waals surface area contributed by atoms with E-state index in [1.807, 2.05) is 43.0 Å². The molecule has 0 aliphatic carbocycles. The highest BCUT2D eigenvalue weighted by molar-refractivity contribution is 6.30. The fourth-order valence-electron chi connectivity index (χ4n) is 2.78. The van der Waals surface area contributed by atoms with Gasteiger partial charge in [-0.2, -0.15) is 0 Å². The Morgan fingerprint density at radius 2 is 1.88 bits per heavy atom. The van der Waals surface area contributed by atoms with Gasteiger partial charge in [-0.1, -0.05) is 37.6 Å². The molecule has 0 aromatic heterocycles. The molecule has 1 aromatic carbocycles. The van der Waals surface area contributed by atoms with Crippen LogP contribution in [0.2, 0.25) is 5.02 Å². The maximum Gasteiger partial charge on any atom is 0.407 e. The van der Waals surface area contributed by atoms with Crippen LogP contribution in [0.15, 0.2) is 24.3 Å². The summed E-state index contributed by atoms with van der Waals surface area (Å²) in [5.41, 5.74) is 1.11. The van der Waals surface area contributed by atoms with Gasteiger partial charge >= 0.3 is 6.09 Å². The molecule has 0 atom stereocenters. The van der Waals surface area contributed by atoms with Crippen molar-refractivity contribution in [3.63, 3.8) is 0 Å². The molecule has 1 aromatic rings. The molecule has 1 heterocycles. The predicted octanol–water partition coefficient (Wildman–Crippen LogP) is 3.65. The first-order valence-electron chi connectivity index (χ1n) is 8.89. The molecule has 1 N–H and O–H groups in total. The van der Waals surface area contributed by atoms with E-state index in [1.165, 1.54) is 0 Å². The van der Waals surface area contributed by atoms with E-state index in [0.717, 1.165) is 24.8 Å². The van der Waals surface area contributed by atoms with E-state index in [0.29, 0.717) is 37.1 Å². The Kier molecular flexibility index (Phi) is 7.56. The van der Waals surface area contributed by atoms with Gasteiger partial charge in [-0.15, -0.1) is 0 Å². The topological polar surface area (TPSA) is 58.6 Å². The van der Waals surface area contributed by atoms with Crippen LogP contribution in [0.1, 0.15) is 38.7 Å². The van der Waals surface area contributed by atoms with Crippen molar-refractivity contribution in [2.24, 2.45) is 5.92 Å². The first-order valence-corrected chi connectivity index (χ1v) is 9.27. The van der Waals surface area contributed by atoms with Crippen LogP contribution in [0.4, 0.5) is 4.79 Å². The highest BCUT2D eigenvalue weighted by Gasteiger charge is 2.24. The minimum absolute atomic E-state index is 0.0833. The lowest BCUT2D eigenvalue weighted by molar-refractivity contribution is -0.132. The Balaban J connectivity index is 1.67. The number of hydrogen-bond donors (Lipinski definition) is 1. The summed E-state index contributed by atoms with van der Waals surface area (Å²) in [6.07, 6.45) is 2.39. The van der Waals surface area contributed by atoms with Gasteiger partial charge in [-0.05, 0) is 42.9 Å². The fourth-order valence-corrected chi connectivity index (χ4v) is 2.91. The summed E-state index contributed by atoms with van der Waals surface area (Å²) in [6.45, 7) is 5.78. The van der Waals surface area contributed by atoms with E-state index < -0.39 is 0 Å². The highest BCUT2D eigenvalue weighted by atomic mass is 35.5. The molecule has 0 bridgehead atoms. The van der Waals surface area contributed by atoms with Gasteiger partial charge in [0.15, 0.2) is 0 Å². The number of rotatable bonds is 6. The van der Waals surface area contributed by atoms with Crippen LogP contribution in [-0.2, 0) is 16.0 Å². The number of carbonyl (C=O) groups is 2. The fraction of sp³-hybridized carbons (Fsp3) is 0.579. The summed E-state index contributed by atoms with van der Waals surface area (Å²) < 4.78 is 5.14. The molecule has 0 saturated carbocycles. The summed E-state index contributed by atoms with van der Waals surface area (Å²) in [4.78, 5) is 25.9. The number of ether oxygens (including phenoxy) is 1. The number of alkyl carbamates (subject to hydrolysis) is 1. The number of nitrogens with zero attached hydrogens (tertiary/aromatic N) is 1. The highest BCUT2D eigenvalue weighted by Crippen LogP contribution is 2.15. The number of amides is 2. The van der Waals surface area contributed by atoms with Crippen LogP contribution >= 0.6 is 11.6 Å². The van der Waals surface area contributed by atoms with Crippen LogP contribution in [0, 0.1) is 5.92 Å². The van der Waals surface area contributed by atoms with Gasteiger partial charge < -0.3 is 15.0 Å². The van der Waals surface area contributed by atoms with E-state index in [1.54, 1.807) is 0 Å². The van der Waals surface area contributed by atoms with Crippen LogP contribution < -0.4 is 5.32 Å². The Morgan fingerprint density at radius 3 is 2.48 bits per heavy atom. The number of aryl methyl sites for hydroxylation is 1. The first-order chi connectivity index (χ1) is 11.9. The van der Waals surface area contributed by atoms with E-state index in [-0.39, 0.29) is 18.0 Å². The number of piperidine rings is 1. The third-order valence-electron chi connectivity index (χ3n) is 4.26. The molecule has 1 aliphatic heterocycles. The van der Waals surface area contributed by atoms with Crippen molar-refractivity contribution >= 4 is 23.6 Å². The summed E-state index contributed by atoms with van der Waals surface area (Å²) >= 11 is 5.87. The smallest absolute Gasteiger partial charge is 0.407 e. The van der Waals surface area contributed by atoms with Gasteiger partial charge in [0, 0.05) is 30.6 Å². The van der Waals surface area contributed by atoms with E-state index in [2.05, 4.69) is 5.32 Å². The summed E-state index contributed by atoms with van der Waals surface area (Å²) in [7, 11) is 0. The van der Waals surface area contributed by atoms with Gasteiger partial charge in [0.25, 0.3) is 0 Å². The van der Waals surface area contributed by atoms with Crippen LogP contribution in [-0.4, -0.2) is 42.6 Å². The zero-order valence-corrected chi connectivity index (χ0v) is 15.7. The summed E-state index contributed by atoms with van der Waals surface area (Å²) in [5.74, 6) is 0.488. The molecule has 138 valence electrons. The molecule has 0 spiro atoms. The third-order valence-corrected chi connectivity index (χ3v) is 4.51. The quantitative estimate of drug-likeness (QED) is 0.836. The summed E-state index contributed by atoms with van der Waals surface area (Å²) in [6, 6.07) is 7.68. The molecule has 25 heavy (non-hydrogen) atoms. The number of benzene rings is 1. The molecule has 1 saturated heterocycles. The molecular weight excluding hydrogens is 340 g/mol. The monoisotopic (exact) mass is 366 g/mol. The van der Waals surface area contributed by atoms with E-state index in [4.69, 9.17) is 16.3 Å². The van der Waals surface area contributed by atoms with Crippen molar-refractivity contribution in [1.82, 2.24) is 10.2 Å². The number of likely N-dealkylation sites (tertiary alicyclic amines) is 1. The zero-order valence-electron chi connectivity index (χ0n) is 15.0. The molecule has 0 radical (unpaired) electrons. The van der Waals surface area contributed by atoms with Gasteiger partial charge in [0.1, 0.15) is 0 Å². The predicted molar refractivity (Wildman–Crippen MR) is 98.7 cm³/mol. The Morgan fingerprint density at radius 1 is 1.24 bits per heavy atom. The molecule has 2 rings (SSSR count). The van der Waals surface area contributed by atoms with Crippen molar-refractivity contribution in [1.29, 1.82) is 0 Å². The lowest BCUT2D eigenvalue weighted by atomic mass is 10.0. The minimum Gasteiger partial charge on any atom is -0.449 e. The van der Waals surface area contributed by atoms with Crippen LogP contribution in [0.25, 0.3) is 0 Å². The van der Waals surface area contributed by atoms with Gasteiger partial charge in [-0.3, -0.25) is 4.79 Å². The number of carbonyl (C=O) groups excluding carboxylic acids is 2. The molecule has 2 amide bonds. The second-order valence-corrected chi connectivity index (χ2v) is 7.35. The molecular formula is C19H27ClN2O3. The Bertz CT molecular complexity index is 567. The molecule has 1 fully saturated rings.